The van der Waals surface area contributed by atoms with E-state index >= 15 is 0 Å². The molecule has 1 aromatic carbocycles. The number of aromatic amines is 1. The van der Waals surface area contributed by atoms with E-state index < -0.39 is 12.2 Å². The molecule has 29 heavy (non-hydrogen) atoms. The molecule has 8 heteroatoms. The van der Waals surface area contributed by atoms with Gasteiger partial charge in [0.05, 0.1) is 42.5 Å². The summed E-state index contributed by atoms with van der Waals surface area (Å²) in [5, 5.41) is 21.0. The van der Waals surface area contributed by atoms with Gasteiger partial charge in [0.25, 0.3) is 5.91 Å². The number of carbonyl (C=O) groups excluding carboxylic acids is 1. The van der Waals surface area contributed by atoms with Crippen molar-refractivity contribution in [2.45, 2.75) is 44.4 Å². The molecule has 0 bridgehead atoms. The zero-order valence-corrected chi connectivity index (χ0v) is 17.0. The normalized spacial score (nSPS) is 26.8. The molecular formula is C21H30N4O4. The topological polar surface area (TPSA) is 102 Å². The summed E-state index contributed by atoms with van der Waals surface area (Å²) in [6, 6.07) is 5.21. The average Bonchev–Trinajstić information content (AvgIpc) is 3.11. The quantitative estimate of drug-likeness (QED) is 0.707. The first-order chi connectivity index (χ1) is 13.9. The molecule has 2 aromatic rings. The predicted octanol–water partition coefficient (Wildman–Crippen LogP) is 0.955. The molecule has 2 saturated heterocycles. The summed E-state index contributed by atoms with van der Waals surface area (Å²) < 4.78 is 5.41. The first kappa shape index (κ1) is 20.3. The molecule has 0 saturated carbocycles. The van der Waals surface area contributed by atoms with Crippen molar-refractivity contribution in [2.24, 2.45) is 0 Å². The minimum atomic E-state index is -0.880. The number of benzene rings is 1. The van der Waals surface area contributed by atoms with Crippen LogP contribution in [-0.2, 0) is 4.74 Å². The van der Waals surface area contributed by atoms with E-state index in [1.807, 2.05) is 12.1 Å². The van der Waals surface area contributed by atoms with Crippen LogP contribution in [0.3, 0.4) is 0 Å². The second kappa shape index (κ2) is 8.39. The van der Waals surface area contributed by atoms with Crippen LogP contribution < -0.4 is 0 Å². The molecule has 0 unspecified atom stereocenters. The Morgan fingerprint density at radius 1 is 1.24 bits per heavy atom. The number of H-pyrrole nitrogens is 1. The molecule has 4 rings (SSSR count). The molecule has 1 aromatic heterocycles. The van der Waals surface area contributed by atoms with E-state index in [9.17, 15) is 15.0 Å². The SMILES string of the molecule is CC(C)c1nc2ccc(C(=O)N3CC[C@@H](O)[C@@H](O)[C@H](N4CCOCC4)C3)cc2[nH]1. The van der Waals surface area contributed by atoms with Crippen molar-refractivity contribution in [3.63, 3.8) is 0 Å². The third-order valence-corrected chi connectivity index (χ3v) is 5.99. The number of likely N-dealkylation sites (tertiary alicyclic amines) is 1. The van der Waals surface area contributed by atoms with Crippen LogP contribution in [-0.4, -0.2) is 93.5 Å². The highest BCUT2D eigenvalue weighted by Gasteiger charge is 2.37. The van der Waals surface area contributed by atoms with Gasteiger partial charge in [-0.15, -0.1) is 0 Å². The van der Waals surface area contributed by atoms with E-state index in [2.05, 4.69) is 28.7 Å². The molecule has 3 N–H and O–H groups in total. The van der Waals surface area contributed by atoms with Gasteiger partial charge in [0, 0.05) is 37.7 Å². The summed E-state index contributed by atoms with van der Waals surface area (Å²) in [7, 11) is 0. The first-order valence-electron chi connectivity index (χ1n) is 10.4. The Hall–Kier alpha value is -2.00. The van der Waals surface area contributed by atoms with Gasteiger partial charge in [0.2, 0.25) is 0 Å². The van der Waals surface area contributed by atoms with Crippen molar-refractivity contribution < 1.29 is 19.7 Å². The molecule has 0 aliphatic carbocycles. The summed E-state index contributed by atoms with van der Waals surface area (Å²) in [5.41, 5.74) is 2.28. The molecule has 8 nitrogen and oxygen atoms in total. The Labute approximate surface area is 170 Å². The molecule has 2 aliphatic rings. The van der Waals surface area contributed by atoms with Crippen LogP contribution in [0.4, 0.5) is 0 Å². The van der Waals surface area contributed by atoms with Crippen LogP contribution in [0.15, 0.2) is 18.2 Å². The lowest BCUT2D eigenvalue weighted by Crippen LogP contribution is -2.55. The molecule has 158 valence electrons. The Balaban J connectivity index is 1.57. The number of aliphatic hydroxyl groups excluding tert-OH is 2. The van der Waals surface area contributed by atoms with E-state index in [1.165, 1.54) is 0 Å². The lowest BCUT2D eigenvalue weighted by molar-refractivity contribution is -0.0609. The monoisotopic (exact) mass is 402 g/mol. The van der Waals surface area contributed by atoms with Crippen LogP contribution in [0.1, 0.15) is 42.4 Å². The summed E-state index contributed by atoms with van der Waals surface area (Å²) >= 11 is 0. The number of aromatic nitrogens is 2. The predicted molar refractivity (Wildman–Crippen MR) is 109 cm³/mol. The maximum atomic E-state index is 13.3. The zero-order chi connectivity index (χ0) is 20.5. The van der Waals surface area contributed by atoms with Crippen LogP contribution in [0.25, 0.3) is 11.0 Å². The zero-order valence-electron chi connectivity index (χ0n) is 17.0. The van der Waals surface area contributed by atoms with Crippen molar-refractivity contribution in [3.8, 4) is 0 Å². The van der Waals surface area contributed by atoms with Crippen LogP contribution >= 0.6 is 0 Å². The van der Waals surface area contributed by atoms with Crippen LogP contribution in [0.2, 0.25) is 0 Å². The summed E-state index contributed by atoms with van der Waals surface area (Å²) in [5.74, 6) is 1.09. The van der Waals surface area contributed by atoms with E-state index in [-0.39, 0.29) is 17.9 Å². The molecule has 2 fully saturated rings. The number of ether oxygens (including phenoxy) is 1. The number of imidazole rings is 1. The number of morpholine rings is 1. The smallest absolute Gasteiger partial charge is 0.253 e. The molecule has 2 aliphatic heterocycles. The molecule has 0 radical (unpaired) electrons. The largest absolute Gasteiger partial charge is 0.390 e. The fourth-order valence-corrected chi connectivity index (χ4v) is 4.18. The van der Waals surface area contributed by atoms with Crippen molar-refractivity contribution in [1.82, 2.24) is 19.8 Å². The lowest BCUT2D eigenvalue weighted by atomic mass is 10.0. The van der Waals surface area contributed by atoms with Crippen molar-refractivity contribution in [1.29, 1.82) is 0 Å². The van der Waals surface area contributed by atoms with E-state index in [4.69, 9.17) is 4.74 Å². The van der Waals surface area contributed by atoms with Gasteiger partial charge in [0.15, 0.2) is 0 Å². The van der Waals surface area contributed by atoms with Crippen molar-refractivity contribution >= 4 is 16.9 Å². The fraction of sp³-hybridized carbons (Fsp3) is 0.619. The van der Waals surface area contributed by atoms with Gasteiger partial charge < -0.3 is 24.8 Å². The highest BCUT2D eigenvalue weighted by molar-refractivity contribution is 5.97. The fourth-order valence-electron chi connectivity index (χ4n) is 4.18. The van der Waals surface area contributed by atoms with E-state index in [0.717, 1.165) is 16.9 Å². The first-order valence-corrected chi connectivity index (χ1v) is 10.4. The highest BCUT2D eigenvalue weighted by Crippen LogP contribution is 2.22. The Kier molecular flexibility index (Phi) is 5.87. The number of fused-ring (bicyclic) bond motifs is 1. The Morgan fingerprint density at radius 2 is 2.00 bits per heavy atom. The minimum Gasteiger partial charge on any atom is -0.390 e. The van der Waals surface area contributed by atoms with Gasteiger partial charge in [-0.3, -0.25) is 9.69 Å². The maximum Gasteiger partial charge on any atom is 0.253 e. The Morgan fingerprint density at radius 3 is 2.72 bits per heavy atom. The second-order valence-electron chi connectivity index (χ2n) is 8.32. The number of nitrogens with zero attached hydrogens (tertiary/aromatic N) is 3. The number of hydrogen-bond donors (Lipinski definition) is 3. The lowest BCUT2D eigenvalue weighted by Gasteiger charge is -2.38. The molecular weight excluding hydrogens is 372 g/mol. The standard InChI is InChI=1S/C21H30N4O4/c1-13(2)20-22-15-4-3-14(11-16(15)23-20)21(28)25-6-5-18(26)19(27)17(12-25)24-7-9-29-10-8-24/h3-4,11,13,17-19,26-27H,5-10,12H2,1-2H3,(H,22,23)/t17-,18-,19+/m1/s1. The van der Waals surface area contributed by atoms with Gasteiger partial charge in [-0.25, -0.2) is 4.98 Å². The van der Waals surface area contributed by atoms with Gasteiger partial charge in [0.1, 0.15) is 5.82 Å². The maximum absolute atomic E-state index is 13.3. The van der Waals surface area contributed by atoms with Crippen LogP contribution in [0, 0.1) is 0 Å². The van der Waals surface area contributed by atoms with Gasteiger partial charge in [-0.2, -0.15) is 0 Å². The van der Waals surface area contributed by atoms with Crippen LogP contribution in [0.5, 0.6) is 0 Å². The number of aliphatic hydroxyl groups is 2. The van der Waals surface area contributed by atoms with Gasteiger partial charge in [-0.05, 0) is 24.6 Å². The molecule has 3 atom stereocenters. The average molecular weight is 402 g/mol. The Bertz CT molecular complexity index is 861. The molecule has 1 amide bonds. The van der Waals surface area contributed by atoms with Gasteiger partial charge in [-0.1, -0.05) is 13.8 Å². The highest BCUT2D eigenvalue weighted by atomic mass is 16.5. The number of amides is 1. The second-order valence-corrected chi connectivity index (χ2v) is 8.32. The number of rotatable bonds is 3. The third kappa shape index (κ3) is 4.16. The minimum absolute atomic E-state index is 0.0906. The van der Waals surface area contributed by atoms with E-state index in [1.54, 1.807) is 11.0 Å². The van der Waals surface area contributed by atoms with E-state index in [0.29, 0.717) is 51.4 Å². The van der Waals surface area contributed by atoms with Gasteiger partial charge >= 0.3 is 0 Å². The van der Waals surface area contributed by atoms with Crippen molar-refractivity contribution in [2.75, 3.05) is 39.4 Å². The summed E-state index contributed by atoms with van der Waals surface area (Å²) in [6.07, 6.45) is -1.36. The third-order valence-electron chi connectivity index (χ3n) is 5.99. The van der Waals surface area contributed by atoms with Crippen molar-refractivity contribution in [3.05, 3.63) is 29.6 Å². The number of carbonyl (C=O) groups is 1. The molecule has 0 spiro atoms. The number of nitrogens with one attached hydrogen (secondary N) is 1. The summed E-state index contributed by atoms with van der Waals surface area (Å²) in [6.45, 7) is 7.52. The number of hydrogen-bond acceptors (Lipinski definition) is 6. The summed E-state index contributed by atoms with van der Waals surface area (Å²) in [4.78, 5) is 25.0. The molecule has 3 heterocycles.